The lowest BCUT2D eigenvalue weighted by Crippen LogP contribution is -2.45. The third-order valence-electron chi connectivity index (χ3n) is 3.73. The fourth-order valence-corrected chi connectivity index (χ4v) is 2.73. The van der Waals surface area contributed by atoms with Crippen LogP contribution < -0.4 is 0 Å². The van der Waals surface area contributed by atoms with Gasteiger partial charge in [0.15, 0.2) is 0 Å². The average molecular weight is 327 g/mol. The van der Waals surface area contributed by atoms with Crippen LogP contribution in [0.3, 0.4) is 0 Å². The first kappa shape index (κ1) is 17.2. The Morgan fingerprint density at radius 3 is 2.86 bits per heavy atom. The number of halogens is 1. The molecule has 0 bridgehead atoms. The fourth-order valence-electron chi connectivity index (χ4n) is 2.51. The molecule has 122 valence electrons. The number of ether oxygens (including phenoxy) is 1. The average Bonchev–Trinajstić information content (AvgIpc) is 2.48. The quantitative estimate of drug-likeness (QED) is 0.848. The minimum absolute atomic E-state index is 0.0247. The zero-order chi connectivity index (χ0) is 15.9. The summed E-state index contributed by atoms with van der Waals surface area (Å²) in [5, 5.41) is 10.8. The number of likely N-dealkylation sites (N-methyl/N-ethyl adjacent to an activating group) is 1. The summed E-state index contributed by atoms with van der Waals surface area (Å²) >= 11 is 5.92. The lowest BCUT2D eigenvalue weighted by molar-refractivity contribution is -0.130. The Labute approximate surface area is 136 Å². The number of morpholine rings is 1. The van der Waals surface area contributed by atoms with Crippen molar-refractivity contribution in [1.82, 2.24) is 9.80 Å². The van der Waals surface area contributed by atoms with Gasteiger partial charge in [-0.25, -0.2) is 0 Å². The van der Waals surface area contributed by atoms with E-state index >= 15 is 0 Å². The van der Waals surface area contributed by atoms with Crippen molar-refractivity contribution in [3.8, 4) is 0 Å². The van der Waals surface area contributed by atoms with Gasteiger partial charge in [-0.15, -0.1) is 0 Å². The smallest absolute Gasteiger partial charge is 0.226 e. The Hall–Kier alpha value is -1.14. The van der Waals surface area contributed by atoms with E-state index in [0.29, 0.717) is 37.7 Å². The van der Waals surface area contributed by atoms with E-state index in [1.54, 1.807) is 24.1 Å². The van der Waals surface area contributed by atoms with E-state index in [4.69, 9.17) is 16.3 Å². The van der Waals surface area contributed by atoms with E-state index in [0.717, 1.165) is 18.7 Å². The Bertz CT molecular complexity index is 492. The van der Waals surface area contributed by atoms with Crippen molar-refractivity contribution in [2.24, 2.45) is 0 Å². The normalized spacial score (nSPS) is 17.2. The molecule has 5 nitrogen and oxygen atoms in total. The molecule has 1 fully saturated rings. The number of aliphatic hydroxyl groups is 1. The van der Waals surface area contributed by atoms with Gasteiger partial charge >= 0.3 is 0 Å². The van der Waals surface area contributed by atoms with Gasteiger partial charge in [-0.05, 0) is 17.7 Å². The predicted octanol–water partition coefficient (Wildman–Crippen LogP) is 1.03. The van der Waals surface area contributed by atoms with Crippen LogP contribution in [0.25, 0.3) is 0 Å². The summed E-state index contributed by atoms with van der Waals surface area (Å²) in [6.45, 7) is 3.97. The summed E-state index contributed by atoms with van der Waals surface area (Å²) in [5.74, 6) is -0.0247. The Kier molecular flexibility index (Phi) is 6.64. The van der Waals surface area contributed by atoms with E-state index in [-0.39, 0.29) is 5.91 Å². The second kappa shape index (κ2) is 8.48. The lowest BCUT2D eigenvalue weighted by atomic mass is 10.1. The van der Waals surface area contributed by atoms with Crippen LogP contribution in [0.4, 0.5) is 0 Å². The van der Waals surface area contributed by atoms with Crippen LogP contribution in [0.2, 0.25) is 5.02 Å². The molecule has 0 spiro atoms. The largest absolute Gasteiger partial charge is 0.390 e. The maximum atomic E-state index is 12.2. The van der Waals surface area contributed by atoms with E-state index < -0.39 is 6.10 Å². The Balaban J connectivity index is 1.77. The standard InChI is InChI=1S/C16H23ClN2O3/c1-18(11-15(20)12-19-5-7-22-8-6-19)16(21)10-13-3-2-4-14(17)9-13/h2-4,9,15,20H,5-8,10-12H2,1H3. The maximum absolute atomic E-state index is 12.2. The Morgan fingerprint density at radius 2 is 2.18 bits per heavy atom. The third kappa shape index (κ3) is 5.57. The van der Waals surface area contributed by atoms with Crippen LogP contribution in [0.1, 0.15) is 5.56 Å². The fraction of sp³-hybridized carbons (Fsp3) is 0.562. The van der Waals surface area contributed by atoms with Gasteiger partial charge in [0.1, 0.15) is 0 Å². The molecule has 1 unspecified atom stereocenters. The summed E-state index contributed by atoms with van der Waals surface area (Å²) in [6, 6.07) is 7.28. The van der Waals surface area contributed by atoms with Crippen molar-refractivity contribution < 1.29 is 14.6 Å². The predicted molar refractivity (Wildman–Crippen MR) is 86.1 cm³/mol. The molecule has 1 N–H and O–H groups in total. The molecule has 1 aromatic carbocycles. The number of rotatable bonds is 6. The monoisotopic (exact) mass is 326 g/mol. The molecule has 0 saturated carbocycles. The van der Waals surface area contributed by atoms with Crippen molar-refractivity contribution in [2.75, 3.05) is 46.4 Å². The molecule has 1 aliphatic rings. The third-order valence-corrected chi connectivity index (χ3v) is 3.96. The SMILES string of the molecule is CN(CC(O)CN1CCOCC1)C(=O)Cc1cccc(Cl)c1. The van der Waals surface area contributed by atoms with Crippen LogP contribution >= 0.6 is 11.6 Å². The summed E-state index contributed by atoms with van der Waals surface area (Å²) in [5.41, 5.74) is 0.881. The van der Waals surface area contributed by atoms with E-state index in [2.05, 4.69) is 4.90 Å². The lowest BCUT2D eigenvalue weighted by Gasteiger charge is -2.30. The molecule has 1 heterocycles. The number of carbonyl (C=O) groups is 1. The zero-order valence-corrected chi connectivity index (χ0v) is 13.6. The summed E-state index contributed by atoms with van der Waals surface area (Å²) in [7, 11) is 1.72. The van der Waals surface area contributed by atoms with Gasteiger partial charge in [0.25, 0.3) is 0 Å². The molecule has 0 aromatic heterocycles. The van der Waals surface area contributed by atoms with Crippen molar-refractivity contribution in [3.05, 3.63) is 34.9 Å². The number of hydrogen-bond acceptors (Lipinski definition) is 4. The van der Waals surface area contributed by atoms with E-state index in [1.807, 2.05) is 12.1 Å². The van der Waals surface area contributed by atoms with Crippen LogP contribution in [-0.2, 0) is 16.0 Å². The summed E-state index contributed by atoms with van der Waals surface area (Å²) < 4.78 is 5.28. The highest BCUT2D eigenvalue weighted by atomic mass is 35.5. The van der Waals surface area contributed by atoms with Gasteiger partial charge in [-0.1, -0.05) is 23.7 Å². The number of aliphatic hydroxyl groups excluding tert-OH is 1. The summed E-state index contributed by atoms with van der Waals surface area (Å²) in [6.07, 6.45) is -0.257. The number of hydrogen-bond donors (Lipinski definition) is 1. The van der Waals surface area contributed by atoms with Crippen LogP contribution in [0, 0.1) is 0 Å². The highest BCUT2D eigenvalue weighted by Gasteiger charge is 2.18. The first-order chi connectivity index (χ1) is 10.5. The molecular weight excluding hydrogens is 304 g/mol. The molecule has 2 rings (SSSR count). The minimum Gasteiger partial charge on any atom is -0.390 e. The molecule has 1 atom stereocenters. The van der Waals surface area contributed by atoms with Crippen LogP contribution in [0.5, 0.6) is 0 Å². The van der Waals surface area contributed by atoms with Crippen molar-refractivity contribution >= 4 is 17.5 Å². The van der Waals surface area contributed by atoms with Crippen molar-refractivity contribution in [1.29, 1.82) is 0 Å². The number of β-amino-alcohol motifs (C(OH)–C–C–N with tert-alkyl or cyclic N) is 1. The second-order valence-electron chi connectivity index (χ2n) is 5.65. The van der Waals surface area contributed by atoms with Gasteiger partial charge in [0.05, 0.1) is 25.7 Å². The first-order valence-corrected chi connectivity index (χ1v) is 7.89. The van der Waals surface area contributed by atoms with Gasteiger partial charge < -0.3 is 14.7 Å². The Morgan fingerprint density at radius 1 is 1.45 bits per heavy atom. The van der Waals surface area contributed by atoms with Crippen molar-refractivity contribution in [3.63, 3.8) is 0 Å². The van der Waals surface area contributed by atoms with E-state index in [1.165, 1.54) is 0 Å². The van der Waals surface area contributed by atoms with Gasteiger partial charge in [0, 0.05) is 38.2 Å². The van der Waals surface area contributed by atoms with Gasteiger partial charge in [0.2, 0.25) is 5.91 Å². The van der Waals surface area contributed by atoms with Gasteiger partial charge in [-0.2, -0.15) is 0 Å². The number of carbonyl (C=O) groups excluding carboxylic acids is 1. The molecule has 22 heavy (non-hydrogen) atoms. The minimum atomic E-state index is -0.550. The molecule has 1 aliphatic heterocycles. The molecule has 1 saturated heterocycles. The first-order valence-electron chi connectivity index (χ1n) is 7.51. The zero-order valence-electron chi connectivity index (χ0n) is 12.9. The topological polar surface area (TPSA) is 53.0 Å². The van der Waals surface area contributed by atoms with Crippen molar-refractivity contribution in [2.45, 2.75) is 12.5 Å². The number of amides is 1. The molecule has 0 aliphatic carbocycles. The molecular formula is C16H23ClN2O3. The van der Waals surface area contributed by atoms with Gasteiger partial charge in [-0.3, -0.25) is 9.69 Å². The maximum Gasteiger partial charge on any atom is 0.226 e. The number of nitrogens with zero attached hydrogens (tertiary/aromatic N) is 2. The van der Waals surface area contributed by atoms with E-state index in [9.17, 15) is 9.90 Å². The highest BCUT2D eigenvalue weighted by Crippen LogP contribution is 2.12. The molecule has 1 amide bonds. The number of benzene rings is 1. The molecule has 1 aromatic rings. The van der Waals surface area contributed by atoms with Crippen LogP contribution in [0.15, 0.2) is 24.3 Å². The summed E-state index contributed by atoms with van der Waals surface area (Å²) in [4.78, 5) is 15.9. The second-order valence-corrected chi connectivity index (χ2v) is 6.08. The molecule has 6 heteroatoms. The molecule has 0 radical (unpaired) electrons. The van der Waals surface area contributed by atoms with Crippen LogP contribution in [-0.4, -0.2) is 73.4 Å². The highest BCUT2D eigenvalue weighted by molar-refractivity contribution is 6.30.